The summed E-state index contributed by atoms with van der Waals surface area (Å²) in [6.07, 6.45) is 18.8. The second-order valence-corrected chi connectivity index (χ2v) is 5.62. The molecule has 0 fully saturated rings. The van der Waals surface area contributed by atoms with Crippen molar-refractivity contribution < 1.29 is 4.74 Å². The Kier molecular flexibility index (Phi) is 7.40. The maximum absolute atomic E-state index is 5.99. The Bertz CT molecular complexity index is 726. The monoisotopic (exact) mass is 335 g/mol. The summed E-state index contributed by atoms with van der Waals surface area (Å²) in [6, 6.07) is 5.98. The van der Waals surface area contributed by atoms with E-state index < -0.39 is 0 Å². The van der Waals surface area contributed by atoms with Crippen LogP contribution in [-0.2, 0) is 13.0 Å². The summed E-state index contributed by atoms with van der Waals surface area (Å²) in [7, 11) is 0. The zero-order valence-electron chi connectivity index (χ0n) is 14.8. The molecule has 0 aliphatic heterocycles. The predicted molar refractivity (Wildman–Crippen MR) is 102 cm³/mol. The number of allylic oxidation sites excluding steroid dienone is 1. The minimum absolute atomic E-state index is 0.578. The number of ether oxygens (including phenoxy) is 1. The highest BCUT2D eigenvalue weighted by Gasteiger charge is 2.06. The molecule has 2 aromatic rings. The Morgan fingerprint density at radius 1 is 1.44 bits per heavy atom. The Morgan fingerprint density at radius 3 is 3.00 bits per heavy atom. The van der Waals surface area contributed by atoms with E-state index in [0.717, 1.165) is 37.2 Å². The average Bonchev–Trinajstić information content (AvgIpc) is 3.15. The maximum Gasteiger partial charge on any atom is 0.123 e. The lowest BCUT2D eigenvalue weighted by atomic mass is 10.1. The van der Waals surface area contributed by atoms with Gasteiger partial charge in [0.1, 0.15) is 12.4 Å². The van der Waals surface area contributed by atoms with Crippen molar-refractivity contribution in [2.45, 2.75) is 26.3 Å². The van der Waals surface area contributed by atoms with Crippen LogP contribution in [0.25, 0.3) is 0 Å². The van der Waals surface area contributed by atoms with Crippen LogP contribution in [0.15, 0.2) is 62.0 Å². The van der Waals surface area contributed by atoms with Crippen LogP contribution in [0, 0.1) is 12.3 Å². The van der Waals surface area contributed by atoms with Gasteiger partial charge in [-0.15, -0.1) is 6.42 Å². The molecule has 4 nitrogen and oxygen atoms in total. The Hall–Kier alpha value is -2.93. The molecule has 0 aliphatic rings. The molecule has 2 rings (SSSR count). The summed E-state index contributed by atoms with van der Waals surface area (Å²) in [6.45, 7) is 8.08. The van der Waals surface area contributed by atoms with Gasteiger partial charge in [0.05, 0.1) is 12.9 Å². The highest BCUT2D eigenvalue weighted by molar-refractivity contribution is 5.44. The van der Waals surface area contributed by atoms with E-state index in [9.17, 15) is 0 Å². The molecular formula is C21H25N3O. The van der Waals surface area contributed by atoms with Gasteiger partial charge in [-0.3, -0.25) is 0 Å². The zero-order chi connectivity index (χ0) is 17.9. The van der Waals surface area contributed by atoms with E-state index in [-0.39, 0.29) is 0 Å². The molecule has 0 spiro atoms. The van der Waals surface area contributed by atoms with Gasteiger partial charge in [0, 0.05) is 24.5 Å². The van der Waals surface area contributed by atoms with Crippen LogP contribution in [0.2, 0.25) is 0 Å². The second kappa shape index (κ2) is 10.0. The molecule has 0 saturated carbocycles. The van der Waals surface area contributed by atoms with E-state index >= 15 is 0 Å². The first-order valence-corrected chi connectivity index (χ1v) is 8.46. The van der Waals surface area contributed by atoms with Crippen molar-refractivity contribution in [1.82, 2.24) is 14.5 Å². The normalized spacial score (nSPS) is 10.6. The van der Waals surface area contributed by atoms with E-state index in [2.05, 4.69) is 28.4 Å². The van der Waals surface area contributed by atoms with Crippen LogP contribution in [0.3, 0.4) is 0 Å². The lowest BCUT2D eigenvalue weighted by molar-refractivity contribution is 0.295. The van der Waals surface area contributed by atoms with Crippen molar-refractivity contribution >= 4 is 0 Å². The first-order chi connectivity index (χ1) is 12.3. The summed E-state index contributed by atoms with van der Waals surface area (Å²) >= 11 is 0. The third kappa shape index (κ3) is 5.89. The number of aryl methyl sites for hydroxylation is 1. The van der Waals surface area contributed by atoms with Gasteiger partial charge < -0.3 is 14.2 Å². The Morgan fingerprint density at radius 2 is 2.32 bits per heavy atom. The lowest BCUT2D eigenvalue weighted by Crippen LogP contribution is -2.12. The largest absolute Gasteiger partial charge is 0.491 e. The van der Waals surface area contributed by atoms with E-state index in [4.69, 9.17) is 11.2 Å². The number of aromatic nitrogens is 2. The molecule has 0 bridgehead atoms. The topological polar surface area (TPSA) is 30.3 Å². The molecule has 0 atom stereocenters. The van der Waals surface area contributed by atoms with Crippen molar-refractivity contribution in [2.75, 3.05) is 13.2 Å². The van der Waals surface area contributed by atoms with Crippen molar-refractivity contribution in [3.05, 3.63) is 73.1 Å². The molecule has 4 heteroatoms. The molecule has 0 aliphatic carbocycles. The fourth-order valence-electron chi connectivity index (χ4n) is 2.54. The number of benzene rings is 1. The summed E-state index contributed by atoms with van der Waals surface area (Å²) in [5.41, 5.74) is 2.01. The number of imidazole rings is 1. The molecule has 1 heterocycles. The first-order valence-electron chi connectivity index (χ1n) is 8.46. The third-order valence-electron chi connectivity index (χ3n) is 3.84. The quantitative estimate of drug-likeness (QED) is 0.618. The summed E-state index contributed by atoms with van der Waals surface area (Å²) < 4.78 is 7.98. The molecule has 1 aromatic heterocycles. The van der Waals surface area contributed by atoms with Gasteiger partial charge in [0.15, 0.2) is 0 Å². The van der Waals surface area contributed by atoms with Crippen molar-refractivity contribution in [1.29, 1.82) is 0 Å². The third-order valence-corrected chi connectivity index (χ3v) is 3.84. The maximum atomic E-state index is 5.99. The predicted octanol–water partition coefficient (Wildman–Crippen LogP) is 3.86. The average molecular weight is 335 g/mol. The molecule has 25 heavy (non-hydrogen) atoms. The van der Waals surface area contributed by atoms with Crippen LogP contribution >= 0.6 is 0 Å². The van der Waals surface area contributed by atoms with Crippen LogP contribution in [0.4, 0.5) is 0 Å². The van der Waals surface area contributed by atoms with Gasteiger partial charge >= 0.3 is 0 Å². The minimum atomic E-state index is 0.578. The van der Waals surface area contributed by atoms with Crippen LogP contribution in [0.1, 0.15) is 24.5 Å². The van der Waals surface area contributed by atoms with E-state index in [1.54, 1.807) is 12.5 Å². The van der Waals surface area contributed by atoms with Crippen molar-refractivity contribution in [2.24, 2.45) is 0 Å². The van der Waals surface area contributed by atoms with Gasteiger partial charge in [0.2, 0.25) is 0 Å². The summed E-state index contributed by atoms with van der Waals surface area (Å²) in [4.78, 5) is 6.11. The second-order valence-electron chi connectivity index (χ2n) is 5.62. The van der Waals surface area contributed by atoms with Gasteiger partial charge in [-0.05, 0) is 49.9 Å². The molecule has 0 amide bonds. The van der Waals surface area contributed by atoms with Gasteiger partial charge in [-0.1, -0.05) is 24.6 Å². The highest BCUT2D eigenvalue weighted by atomic mass is 16.5. The Labute approximate surface area is 150 Å². The van der Waals surface area contributed by atoms with Gasteiger partial charge in [-0.25, -0.2) is 4.98 Å². The molecule has 0 saturated heterocycles. The highest BCUT2D eigenvalue weighted by Crippen LogP contribution is 2.22. The Balaban J connectivity index is 1.96. The SMILES string of the molecule is C#Cc1ccc(CCCN(C=C)/C=C\C)c(OCCn2ccnc2)c1. The van der Waals surface area contributed by atoms with Gasteiger partial charge in [-0.2, -0.15) is 0 Å². The standard InChI is InChI=1S/C21H25N3O/c1-4-12-23(6-3)13-7-8-20-10-9-19(5-2)17-21(20)25-16-15-24-14-11-22-18-24/h2,4,6,9-12,14,17-18H,3,7-8,13,15-16H2,1H3/b12-4-. The van der Waals surface area contributed by atoms with Crippen LogP contribution in [0.5, 0.6) is 5.75 Å². The molecular weight excluding hydrogens is 310 g/mol. The fraction of sp³-hybridized carbons (Fsp3) is 0.286. The molecule has 0 N–H and O–H groups in total. The van der Waals surface area contributed by atoms with Gasteiger partial charge in [0.25, 0.3) is 0 Å². The number of terminal acetylenes is 1. The van der Waals surface area contributed by atoms with E-state index in [1.165, 1.54) is 5.56 Å². The first kappa shape index (κ1) is 18.4. The lowest BCUT2D eigenvalue weighted by Gasteiger charge is -2.16. The molecule has 1 aromatic carbocycles. The van der Waals surface area contributed by atoms with E-state index in [0.29, 0.717) is 6.61 Å². The van der Waals surface area contributed by atoms with Crippen molar-refractivity contribution in [3.8, 4) is 18.1 Å². The van der Waals surface area contributed by atoms with Crippen LogP contribution in [-0.4, -0.2) is 27.6 Å². The molecule has 0 radical (unpaired) electrons. The van der Waals surface area contributed by atoms with Crippen LogP contribution < -0.4 is 4.74 Å². The number of nitrogens with zero attached hydrogens (tertiary/aromatic N) is 3. The smallest absolute Gasteiger partial charge is 0.123 e. The molecule has 130 valence electrons. The van der Waals surface area contributed by atoms with Crippen molar-refractivity contribution in [3.63, 3.8) is 0 Å². The summed E-state index contributed by atoms with van der Waals surface area (Å²) in [5, 5.41) is 0. The fourth-order valence-corrected chi connectivity index (χ4v) is 2.54. The summed E-state index contributed by atoms with van der Waals surface area (Å²) in [5.74, 6) is 3.54. The number of hydrogen-bond donors (Lipinski definition) is 0. The number of rotatable bonds is 10. The molecule has 0 unspecified atom stereocenters. The number of hydrogen-bond acceptors (Lipinski definition) is 3. The zero-order valence-corrected chi connectivity index (χ0v) is 14.8. The van der Waals surface area contributed by atoms with E-state index in [1.807, 2.05) is 48.3 Å². The minimum Gasteiger partial charge on any atom is -0.491 e.